The van der Waals surface area contributed by atoms with Crippen LogP contribution in [0.2, 0.25) is 5.02 Å². The van der Waals surface area contributed by atoms with E-state index >= 15 is 0 Å². The van der Waals surface area contributed by atoms with Gasteiger partial charge < -0.3 is 10.1 Å². The number of nitrogens with zero attached hydrogens (tertiary/aromatic N) is 2. The highest BCUT2D eigenvalue weighted by Gasteiger charge is 2.23. The van der Waals surface area contributed by atoms with E-state index < -0.39 is 12.0 Å². The number of nitriles is 1. The highest BCUT2D eigenvalue weighted by Crippen LogP contribution is 2.42. The number of thiophene rings is 1. The Kier molecular flexibility index (Phi) is 6.57. The molecule has 8 heteroatoms. The van der Waals surface area contributed by atoms with E-state index in [1.807, 2.05) is 41.8 Å². The zero-order chi connectivity index (χ0) is 26.3. The molecule has 184 valence electrons. The zero-order valence-electron chi connectivity index (χ0n) is 19.9. The van der Waals surface area contributed by atoms with E-state index in [0.717, 1.165) is 39.0 Å². The topological polar surface area (TPSA) is 80.1 Å². The van der Waals surface area contributed by atoms with Crippen LogP contribution in [0.15, 0.2) is 72.1 Å². The molecule has 0 fully saturated rings. The first-order valence-corrected chi connectivity index (χ1v) is 12.6. The minimum absolute atomic E-state index is 0.356. The van der Waals surface area contributed by atoms with Crippen LogP contribution in [-0.2, 0) is 4.79 Å². The molecule has 0 saturated heterocycles. The second-order valence-electron chi connectivity index (χ2n) is 8.86. The maximum Gasteiger partial charge on any atom is 0.325 e. The van der Waals surface area contributed by atoms with Gasteiger partial charge in [0.1, 0.15) is 22.8 Å². The Hall–Kier alpha value is -3.96. The van der Waals surface area contributed by atoms with Gasteiger partial charge in [0.2, 0.25) is 0 Å². The van der Waals surface area contributed by atoms with E-state index in [4.69, 9.17) is 11.6 Å². The van der Waals surface area contributed by atoms with Crippen molar-refractivity contribution in [2.45, 2.75) is 6.04 Å². The number of hydrogen-bond donors (Lipinski definition) is 2. The van der Waals surface area contributed by atoms with Gasteiger partial charge in [0.05, 0.1) is 5.69 Å². The standard InChI is InChI=1S/C29H21ClFN3O2S/c1-34(2)28(29(35)36)18-6-8-20(23(30)13-18)16-4-3-5-17(12-16)27-26(21-10-11-37-25(21)15-32)22-14-19(31)7-9-24(22)33-27/h3-14,28,33H,1-2H3,(H,35,36). The van der Waals surface area contributed by atoms with Crippen molar-refractivity contribution in [3.05, 3.63) is 93.4 Å². The van der Waals surface area contributed by atoms with Gasteiger partial charge in [0.25, 0.3) is 0 Å². The van der Waals surface area contributed by atoms with E-state index in [1.165, 1.54) is 23.5 Å². The molecule has 2 N–H and O–H groups in total. The average Bonchev–Trinajstić information content (AvgIpc) is 3.47. The second-order valence-corrected chi connectivity index (χ2v) is 10.2. The monoisotopic (exact) mass is 529 g/mol. The first-order chi connectivity index (χ1) is 17.8. The van der Waals surface area contributed by atoms with E-state index in [9.17, 15) is 19.6 Å². The second kappa shape index (κ2) is 9.83. The van der Waals surface area contributed by atoms with E-state index in [0.29, 0.717) is 20.8 Å². The lowest BCUT2D eigenvalue weighted by molar-refractivity contribution is -0.142. The van der Waals surface area contributed by atoms with Gasteiger partial charge in [-0.15, -0.1) is 11.3 Å². The molecular weight excluding hydrogens is 509 g/mol. The Morgan fingerprint density at radius 1 is 1.08 bits per heavy atom. The number of aromatic amines is 1. The number of benzene rings is 3. The molecule has 5 aromatic rings. The molecule has 0 spiro atoms. The van der Waals surface area contributed by atoms with Crippen molar-refractivity contribution in [2.75, 3.05) is 14.1 Å². The number of H-pyrrole nitrogens is 1. The number of aromatic nitrogens is 1. The Morgan fingerprint density at radius 3 is 2.57 bits per heavy atom. The molecule has 1 atom stereocenters. The lowest BCUT2D eigenvalue weighted by Crippen LogP contribution is -2.27. The third-order valence-electron chi connectivity index (χ3n) is 6.32. The van der Waals surface area contributed by atoms with Crippen LogP contribution in [0.1, 0.15) is 16.5 Å². The molecule has 0 amide bonds. The number of nitrogens with one attached hydrogen (secondary N) is 1. The number of fused-ring (bicyclic) bond motifs is 1. The van der Waals surface area contributed by atoms with Gasteiger partial charge in [-0.05, 0) is 72.6 Å². The van der Waals surface area contributed by atoms with Crippen molar-refractivity contribution < 1.29 is 14.3 Å². The van der Waals surface area contributed by atoms with Crippen LogP contribution in [0.4, 0.5) is 4.39 Å². The van der Waals surface area contributed by atoms with E-state index in [-0.39, 0.29) is 5.82 Å². The summed E-state index contributed by atoms with van der Waals surface area (Å²) < 4.78 is 14.2. The van der Waals surface area contributed by atoms with Gasteiger partial charge in [-0.1, -0.05) is 41.9 Å². The van der Waals surface area contributed by atoms with Crippen molar-refractivity contribution in [3.63, 3.8) is 0 Å². The van der Waals surface area contributed by atoms with Crippen LogP contribution in [0, 0.1) is 17.1 Å². The molecule has 5 nitrogen and oxygen atoms in total. The van der Waals surface area contributed by atoms with E-state index in [1.54, 1.807) is 37.2 Å². The first kappa shape index (κ1) is 24.7. The molecule has 2 aromatic heterocycles. The quantitative estimate of drug-likeness (QED) is 0.237. The zero-order valence-corrected chi connectivity index (χ0v) is 21.5. The predicted molar refractivity (Wildman–Crippen MR) is 146 cm³/mol. The molecule has 0 aliphatic carbocycles. The van der Waals surface area contributed by atoms with Crippen LogP contribution in [0.25, 0.3) is 44.4 Å². The van der Waals surface area contributed by atoms with Gasteiger partial charge in [-0.25, -0.2) is 4.39 Å². The number of halogens is 2. The Bertz CT molecular complexity index is 1700. The van der Waals surface area contributed by atoms with Crippen LogP contribution < -0.4 is 0 Å². The molecule has 1 unspecified atom stereocenters. The SMILES string of the molecule is CN(C)C(C(=O)O)c1ccc(-c2cccc(-c3[nH]c4ccc(F)cc4c3-c3ccsc3C#N)c2)c(Cl)c1. The number of likely N-dealkylation sites (N-methyl/N-ethyl adjacent to an activating group) is 1. The number of rotatable bonds is 6. The highest BCUT2D eigenvalue weighted by atomic mass is 35.5. The number of aliphatic carboxylic acids is 1. The maximum absolute atomic E-state index is 14.2. The van der Waals surface area contributed by atoms with Crippen molar-refractivity contribution in [1.82, 2.24) is 9.88 Å². The van der Waals surface area contributed by atoms with Crippen LogP contribution in [0.5, 0.6) is 0 Å². The Labute approximate surface area is 222 Å². The normalized spacial score (nSPS) is 12.1. The fraction of sp³-hybridized carbons (Fsp3) is 0.103. The van der Waals surface area contributed by atoms with Gasteiger partial charge in [-0.2, -0.15) is 5.26 Å². The summed E-state index contributed by atoms with van der Waals surface area (Å²) in [5.41, 5.74) is 6.07. The maximum atomic E-state index is 14.2. The number of carboxylic acid groups (broad SMARTS) is 1. The number of carbonyl (C=O) groups is 1. The Balaban J connectivity index is 1.65. The lowest BCUT2D eigenvalue weighted by atomic mass is 9.95. The van der Waals surface area contributed by atoms with Crippen LogP contribution >= 0.6 is 22.9 Å². The largest absolute Gasteiger partial charge is 0.480 e. The Morgan fingerprint density at radius 2 is 1.86 bits per heavy atom. The number of carboxylic acids is 1. The average molecular weight is 530 g/mol. The third-order valence-corrected chi connectivity index (χ3v) is 7.45. The molecule has 0 radical (unpaired) electrons. The summed E-state index contributed by atoms with van der Waals surface area (Å²) in [6.45, 7) is 0. The molecule has 5 rings (SSSR count). The molecule has 0 aliphatic heterocycles. The third kappa shape index (κ3) is 4.51. The van der Waals surface area contributed by atoms with Crippen molar-refractivity contribution in [2.24, 2.45) is 0 Å². The molecule has 0 aliphatic rings. The number of hydrogen-bond acceptors (Lipinski definition) is 4. The summed E-state index contributed by atoms with van der Waals surface area (Å²) in [4.78, 5) is 17.3. The molecular formula is C29H21ClFN3O2S. The van der Waals surface area contributed by atoms with Gasteiger partial charge in [0.15, 0.2) is 0 Å². The van der Waals surface area contributed by atoms with Crippen molar-refractivity contribution in [1.29, 1.82) is 5.26 Å². The smallest absolute Gasteiger partial charge is 0.325 e. The molecule has 0 bridgehead atoms. The molecule has 37 heavy (non-hydrogen) atoms. The molecule has 3 aromatic carbocycles. The fourth-order valence-corrected chi connectivity index (χ4v) is 5.68. The van der Waals surface area contributed by atoms with Gasteiger partial charge in [-0.3, -0.25) is 9.69 Å². The van der Waals surface area contributed by atoms with Gasteiger partial charge in [0, 0.05) is 32.6 Å². The van der Waals surface area contributed by atoms with Crippen LogP contribution in [-0.4, -0.2) is 35.1 Å². The van der Waals surface area contributed by atoms with Gasteiger partial charge >= 0.3 is 5.97 Å². The highest BCUT2D eigenvalue weighted by molar-refractivity contribution is 7.11. The van der Waals surface area contributed by atoms with Crippen LogP contribution in [0.3, 0.4) is 0 Å². The summed E-state index contributed by atoms with van der Waals surface area (Å²) in [6.07, 6.45) is 0. The summed E-state index contributed by atoms with van der Waals surface area (Å²) in [6, 6.07) is 20.9. The summed E-state index contributed by atoms with van der Waals surface area (Å²) in [7, 11) is 3.41. The minimum Gasteiger partial charge on any atom is -0.480 e. The fourth-order valence-electron chi connectivity index (χ4n) is 4.69. The summed E-state index contributed by atoms with van der Waals surface area (Å²) >= 11 is 8.00. The summed E-state index contributed by atoms with van der Waals surface area (Å²) in [5.74, 6) is -1.31. The van der Waals surface area contributed by atoms with Crippen molar-refractivity contribution >= 4 is 39.8 Å². The first-order valence-electron chi connectivity index (χ1n) is 11.4. The lowest BCUT2D eigenvalue weighted by Gasteiger charge is -2.21. The molecule has 0 saturated carbocycles. The van der Waals surface area contributed by atoms with Crippen molar-refractivity contribution in [3.8, 4) is 39.6 Å². The predicted octanol–water partition coefficient (Wildman–Crippen LogP) is 7.58. The van der Waals surface area contributed by atoms with E-state index in [2.05, 4.69) is 11.1 Å². The molecule has 2 heterocycles. The summed E-state index contributed by atoms with van der Waals surface area (Å²) in [5, 5.41) is 22.3. The minimum atomic E-state index is -0.955.